The number of carbonyl (C=O) groups is 3. The lowest BCUT2D eigenvalue weighted by Crippen LogP contribution is -2.42. The Morgan fingerprint density at radius 3 is 2.21 bits per heavy atom. The topological polar surface area (TPSA) is 118 Å². The number of hydrogen-bond donors (Lipinski definition) is 2. The molecule has 0 radical (unpaired) electrons. The molecule has 0 aromatic heterocycles. The second-order valence-corrected chi connectivity index (χ2v) is 12.5. The summed E-state index contributed by atoms with van der Waals surface area (Å²) in [5.41, 5.74) is 3.88. The van der Waals surface area contributed by atoms with Gasteiger partial charge in [0, 0.05) is 18.5 Å². The van der Waals surface area contributed by atoms with Gasteiger partial charge in [-0.25, -0.2) is 9.69 Å². The number of benzene rings is 3. The maximum absolute atomic E-state index is 13.2. The average Bonchev–Trinajstić information content (AvgIpc) is 3.36. The van der Waals surface area contributed by atoms with Crippen LogP contribution in [0.2, 0.25) is 0 Å². The highest BCUT2D eigenvalue weighted by molar-refractivity contribution is 6.22. The van der Waals surface area contributed by atoms with Gasteiger partial charge in [-0.15, -0.1) is 0 Å². The van der Waals surface area contributed by atoms with Crippen molar-refractivity contribution in [1.82, 2.24) is 10.2 Å². The molecule has 0 saturated carbocycles. The van der Waals surface area contributed by atoms with Gasteiger partial charge in [0.15, 0.2) is 6.29 Å². The van der Waals surface area contributed by atoms with E-state index in [4.69, 9.17) is 14.2 Å². The van der Waals surface area contributed by atoms with E-state index < -0.39 is 30.2 Å². The lowest BCUT2D eigenvalue weighted by Gasteiger charge is -2.39. The van der Waals surface area contributed by atoms with Crippen LogP contribution in [0.15, 0.2) is 78.9 Å². The number of aliphatic hydroxyl groups excluding tert-OH is 1. The van der Waals surface area contributed by atoms with E-state index in [1.807, 2.05) is 66.7 Å². The number of likely N-dealkylation sites (tertiary alicyclic amines) is 1. The van der Waals surface area contributed by atoms with Crippen LogP contribution in [0.25, 0.3) is 0 Å². The first kappa shape index (κ1) is 32.8. The highest BCUT2D eigenvalue weighted by Crippen LogP contribution is 2.39. The molecule has 3 saturated heterocycles. The molecule has 47 heavy (non-hydrogen) atoms. The summed E-state index contributed by atoms with van der Waals surface area (Å²) in [5.74, 6) is -0.912. The summed E-state index contributed by atoms with van der Waals surface area (Å²) >= 11 is 0. The fourth-order valence-electron chi connectivity index (χ4n) is 6.52. The minimum Gasteiger partial charge on any atom is -0.445 e. The van der Waals surface area contributed by atoms with Crippen LogP contribution < -0.4 is 10.2 Å². The summed E-state index contributed by atoms with van der Waals surface area (Å²) in [6, 6.07) is 23.1. The Labute approximate surface area is 275 Å². The molecule has 3 aromatic carbocycles. The van der Waals surface area contributed by atoms with Gasteiger partial charge in [0.1, 0.15) is 12.6 Å². The molecule has 10 nitrogen and oxygen atoms in total. The normalized spacial score (nSPS) is 24.1. The van der Waals surface area contributed by atoms with Crippen molar-refractivity contribution < 1.29 is 33.7 Å². The molecule has 4 unspecified atom stereocenters. The number of anilines is 1. The zero-order chi connectivity index (χ0) is 32.6. The van der Waals surface area contributed by atoms with Crippen LogP contribution in [-0.2, 0) is 37.0 Å². The van der Waals surface area contributed by atoms with Crippen molar-refractivity contribution in [1.29, 1.82) is 0 Å². The molecular formula is C37H43N3O7. The molecule has 4 atom stereocenters. The molecular weight excluding hydrogens is 598 g/mol. The third kappa shape index (κ3) is 8.44. The van der Waals surface area contributed by atoms with Crippen molar-refractivity contribution in [2.75, 3.05) is 24.5 Å². The largest absolute Gasteiger partial charge is 0.445 e. The van der Waals surface area contributed by atoms with Gasteiger partial charge < -0.3 is 29.5 Å². The van der Waals surface area contributed by atoms with Crippen LogP contribution in [0.3, 0.4) is 0 Å². The van der Waals surface area contributed by atoms with Gasteiger partial charge in [-0.1, -0.05) is 86.0 Å². The molecule has 0 spiro atoms. The maximum atomic E-state index is 13.2. The summed E-state index contributed by atoms with van der Waals surface area (Å²) < 4.78 is 18.3. The predicted octanol–water partition coefficient (Wildman–Crippen LogP) is 5.55. The van der Waals surface area contributed by atoms with Gasteiger partial charge >= 0.3 is 6.09 Å². The number of imide groups is 1. The number of carbonyl (C=O) groups excluding carboxylic acids is 3. The Balaban J connectivity index is 1.12. The summed E-state index contributed by atoms with van der Waals surface area (Å²) in [4.78, 5) is 42.1. The monoisotopic (exact) mass is 641 g/mol. The van der Waals surface area contributed by atoms with E-state index in [1.54, 1.807) is 12.1 Å². The molecule has 0 aliphatic carbocycles. The number of rotatable bonds is 9. The molecule has 2 N–H and O–H groups in total. The zero-order valence-corrected chi connectivity index (χ0v) is 26.6. The smallest absolute Gasteiger partial charge is 0.408 e. The third-order valence-corrected chi connectivity index (χ3v) is 9.10. The Morgan fingerprint density at radius 1 is 0.830 bits per heavy atom. The number of alkyl carbamates (subject to hydrolysis) is 1. The van der Waals surface area contributed by atoms with Crippen LogP contribution in [0.5, 0.6) is 0 Å². The molecule has 3 heterocycles. The van der Waals surface area contributed by atoms with E-state index in [2.05, 4.69) is 10.2 Å². The quantitative estimate of drug-likeness (QED) is 0.292. The standard InChI is InChI=1S/C37H43N3O7/c41-24-26-11-13-28(14-12-26)33-21-31(23-39-19-7-2-1-3-8-20-39)46-36(47-33)29-15-17-30(18-16-29)40-34(42)22-32(35(40)43)38-37(44)45-25-27-9-5-4-6-10-27/h4-6,9-18,31-33,36,41H,1-3,7-8,19-25H2,(H,38,44). The van der Waals surface area contributed by atoms with Crippen molar-refractivity contribution in [2.45, 2.75) is 82.7 Å². The maximum Gasteiger partial charge on any atom is 0.408 e. The molecule has 3 fully saturated rings. The van der Waals surface area contributed by atoms with E-state index >= 15 is 0 Å². The van der Waals surface area contributed by atoms with Gasteiger partial charge in [-0.2, -0.15) is 0 Å². The SMILES string of the molecule is O=C(NC1CC(=O)N(c2ccc(C3OC(CN4CCCCCCC4)CC(c4ccc(CO)cc4)O3)cc2)C1=O)OCc1ccccc1. The van der Waals surface area contributed by atoms with Gasteiger partial charge in [0.2, 0.25) is 5.91 Å². The van der Waals surface area contributed by atoms with E-state index in [0.29, 0.717) is 12.1 Å². The molecule has 248 valence electrons. The minimum atomic E-state index is -1.00. The van der Waals surface area contributed by atoms with E-state index in [9.17, 15) is 19.5 Å². The summed E-state index contributed by atoms with van der Waals surface area (Å²) in [6.45, 7) is 3.00. The van der Waals surface area contributed by atoms with Gasteiger partial charge in [0.05, 0.1) is 30.9 Å². The molecule has 3 aliphatic rings. The van der Waals surface area contributed by atoms with Crippen molar-refractivity contribution in [3.05, 3.63) is 101 Å². The highest BCUT2D eigenvalue weighted by Gasteiger charge is 2.41. The Kier molecular flexibility index (Phi) is 10.9. The van der Waals surface area contributed by atoms with E-state index in [-0.39, 0.29) is 31.8 Å². The minimum absolute atomic E-state index is 0.0152. The summed E-state index contributed by atoms with van der Waals surface area (Å²) in [6.07, 6.45) is 5.13. The summed E-state index contributed by atoms with van der Waals surface area (Å²) in [7, 11) is 0. The first-order chi connectivity index (χ1) is 23.0. The molecule has 10 heteroatoms. The number of nitrogens with zero attached hydrogens (tertiary/aromatic N) is 2. The van der Waals surface area contributed by atoms with Gasteiger partial charge in [-0.05, 0) is 54.8 Å². The molecule has 3 aromatic rings. The average molecular weight is 642 g/mol. The second-order valence-electron chi connectivity index (χ2n) is 12.5. The van der Waals surface area contributed by atoms with E-state index in [1.165, 1.54) is 32.1 Å². The third-order valence-electron chi connectivity index (χ3n) is 9.10. The molecule has 6 rings (SSSR count). The summed E-state index contributed by atoms with van der Waals surface area (Å²) in [5, 5.41) is 12.1. The Hall–Kier alpha value is -4.09. The Bertz CT molecular complexity index is 1490. The second kappa shape index (κ2) is 15.7. The lowest BCUT2D eigenvalue weighted by atomic mass is 9.99. The van der Waals surface area contributed by atoms with Crippen LogP contribution >= 0.6 is 0 Å². The van der Waals surface area contributed by atoms with Crippen molar-refractivity contribution >= 4 is 23.6 Å². The first-order valence-electron chi connectivity index (χ1n) is 16.6. The van der Waals surface area contributed by atoms with Crippen LogP contribution in [-0.4, -0.2) is 59.7 Å². The first-order valence-corrected chi connectivity index (χ1v) is 16.6. The highest BCUT2D eigenvalue weighted by atomic mass is 16.7. The van der Waals surface area contributed by atoms with Crippen LogP contribution in [0.4, 0.5) is 10.5 Å². The van der Waals surface area contributed by atoms with Crippen molar-refractivity contribution in [3.63, 3.8) is 0 Å². The number of hydrogen-bond acceptors (Lipinski definition) is 8. The number of nitrogens with one attached hydrogen (secondary N) is 1. The Morgan fingerprint density at radius 2 is 1.51 bits per heavy atom. The molecule has 3 aliphatic heterocycles. The fraction of sp³-hybridized carbons (Fsp3) is 0.432. The molecule has 0 bridgehead atoms. The van der Waals surface area contributed by atoms with Crippen LogP contribution in [0.1, 0.15) is 79.6 Å². The van der Waals surface area contributed by atoms with Gasteiger partial charge in [-0.3, -0.25) is 9.59 Å². The number of ether oxygens (including phenoxy) is 3. The van der Waals surface area contributed by atoms with Crippen LogP contribution in [0, 0.1) is 0 Å². The number of amides is 3. The van der Waals surface area contributed by atoms with E-state index in [0.717, 1.165) is 46.8 Å². The van der Waals surface area contributed by atoms with Gasteiger partial charge in [0.25, 0.3) is 5.91 Å². The number of aliphatic hydroxyl groups is 1. The fourth-order valence-corrected chi connectivity index (χ4v) is 6.52. The zero-order valence-electron chi connectivity index (χ0n) is 26.6. The molecule has 3 amide bonds. The van der Waals surface area contributed by atoms with Crippen molar-refractivity contribution in [3.8, 4) is 0 Å². The lowest BCUT2D eigenvalue weighted by molar-refractivity contribution is -0.253. The predicted molar refractivity (Wildman–Crippen MR) is 175 cm³/mol. The van der Waals surface area contributed by atoms with Crippen molar-refractivity contribution in [2.24, 2.45) is 0 Å².